The maximum absolute atomic E-state index is 5.41. The van der Waals surface area contributed by atoms with Gasteiger partial charge in [0.1, 0.15) is 5.75 Å². The molecule has 0 amide bonds. The third-order valence-electron chi connectivity index (χ3n) is 4.67. The van der Waals surface area contributed by atoms with Gasteiger partial charge < -0.3 is 15.4 Å². The minimum Gasteiger partial charge on any atom is -0.496 e. The van der Waals surface area contributed by atoms with Crippen LogP contribution in [0.3, 0.4) is 0 Å². The lowest BCUT2D eigenvalue weighted by atomic mass is 10.1. The number of pyridine rings is 1. The van der Waals surface area contributed by atoms with Gasteiger partial charge in [-0.25, -0.2) is 4.99 Å². The van der Waals surface area contributed by atoms with Gasteiger partial charge in [0.2, 0.25) is 0 Å². The van der Waals surface area contributed by atoms with Gasteiger partial charge in [0, 0.05) is 24.7 Å². The normalized spacial score (nSPS) is 11.1. The lowest BCUT2D eigenvalue weighted by molar-refractivity contribution is 0.411. The number of nitrogens with zero attached hydrogens (tertiary/aromatic N) is 2. The Kier molecular flexibility index (Phi) is 9.18. The lowest BCUT2D eigenvalue weighted by Crippen LogP contribution is -2.38. The van der Waals surface area contributed by atoms with Crippen LogP contribution in [0.2, 0.25) is 0 Å². The number of aliphatic imine (C=N–C) groups is 1. The number of ether oxygens (including phenoxy) is 1. The Morgan fingerprint density at radius 2 is 1.93 bits per heavy atom. The van der Waals surface area contributed by atoms with Crippen LogP contribution in [0.5, 0.6) is 5.75 Å². The molecule has 0 spiro atoms. The molecule has 29 heavy (non-hydrogen) atoms. The molecule has 2 N–H and O–H groups in total. The third kappa shape index (κ3) is 6.32. The molecule has 0 aliphatic carbocycles. The molecular weight excluding hydrogens is 475 g/mol. The Morgan fingerprint density at radius 3 is 2.72 bits per heavy atom. The van der Waals surface area contributed by atoms with Gasteiger partial charge in [0.15, 0.2) is 5.96 Å². The van der Waals surface area contributed by atoms with Crippen LogP contribution in [0.4, 0.5) is 0 Å². The molecule has 2 aromatic carbocycles. The van der Waals surface area contributed by atoms with Gasteiger partial charge in [-0.2, -0.15) is 0 Å². The fourth-order valence-corrected chi connectivity index (χ4v) is 3.15. The topological polar surface area (TPSA) is 58.5 Å². The number of aryl methyl sites for hydroxylation is 1. The standard InChI is InChI=1S/C23H28N4O.HI/c1-4-24-23(26-13-11-18-10-9-17(2)22(15-18)28-3)27-16-21-20-8-6-5-7-19(20)12-14-25-21;/h5-10,12,14-15H,4,11,13,16H2,1-3H3,(H2,24,26,27);1H. The van der Waals surface area contributed by atoms with E-state index in [1.165, 1.54) is 10.9 Å². The highest BCUT2D eigenvalue weighted by atomic mass is 127. The van der Waals surface area contributed by atoms with Crippen LogP contribution in [0.25, 0.3) is 10.8 Å². The second-order valence-corrected chi connectivity index (χ2v) is 6.65. The Bertz CT molecular complexity index is 953. The van der Waals surface area contributed by atoms with Crippen LogP contribution in [0.1, 0.15) is 23.7 Å². The molecule has 3 aromatic rings. The van der Waals surface area contributed by atoms with E-state index < -0.39 is 0 Å². The summed E-state index contributed by atoms with van der Waals surface area (Å²) in [6.07, 6.45) is 2.74. The van der Waals surface area contributed by atoms with E-state index in [0.717, 1.165) is 47.9 Å². The quantitative estimate of drug-likeness (QED) is 0.283. The van der Waals surface area contributed by atoms with Crippen molar-refractivity contribution in [3.8, 4) is 5.75 Å². The molecule has 6 heteroatoms. The van der Waals surface area contributed by atoms with Gasteiger partial charge in [-0.3, -0.25) is 4.98 Å². The van der Waals surface area contributed by atoms with Gasteiger partial charge in [0.05, 0.1) is 19.3 Å². The number of rotatable bonds is 7. The molecule has 3 rings (SSSR count). The fraction of sp³-hybridized carbons (Fsp3) is 0.304. The number of benzene rings is 2. The lowest BCUT2D eigenvalue weighted by Gasteiger charge is -2.12. The average Bonchev–Trinajstić information content (AvgIpc) is 2.73. The van der Waals surface area contributed by atoms with Gasteiger partial charge in [-0.05, 0) is 48.9 Å². The van der Waals surface area contributed by atoms with E-state index in [1.54, 1.807) is 7.11 Å². The molecule has 154 valence electrons. The summed E-state index contributed by atoms with van der Waals surface area (Å²) in [6, 6.07) is 16.6. The van der Waals surface area contributed by atoms with Crippen LogP contribution < -0.4 is 15.4 Å². The Balaban J connectivity index is 0.00000300. The molecule has 0 atom stereocenters. The van der Waals surface area contributed by atoms with Gasteiger partial charge in [0.25, 0.3) is 0 Å². The van der Waals surface area contributed by atoms with Crippen LogP contribution in [-0.2, 0) is 13.0 Å². The van der Waals surface area contributed by atoms with Gasteiger partial charge in [-0.15, -0.1) is 24.0 Å². The first-order valence-electron chi connectivity index (χ1n) is 9.69. The average molecular weight is 504 g/mol. The molecule has 0 bridgehead atoms. The Morgan fingerprint density at radius 1 is 1.10 bits per heavy atom. The maximum Gasteiger partial charge on any atom is 0.191 e. The molecule has 0 saturated heterocycles. The summed E-state index contributed by atoms with van der Waals surface area (Å²) < 4.78 is 5.41. The van der Waals surface area contributed by atoms with Crippen molar-refractivity contribution in [1.82, 2.24) is 15.6 Å². The van der Waals surface area contributed by atoms with E-state index in [1.807, 2.05) is 24.4 Å². The molecule has 0 unspecified atom stereocenters. The molecular formula is C23H29IN4O. The zero-order valence-corrected chi connectivity index (χ0v) is 19.6. The van der Waals surface area contributed by atoms with Crippen molar-refractivity contribution >= 4 is 40.7 Å². The number of aromatic nitrogens is 1. The van der Waals surface area contributed by atoms with Crippen LogP contribution in [-0.4, -0.2) is 31.1 Å². The van der Waals surface area contributed by atoms with E-state index in [2.05, 4.69) is 59.8 Å². The number of nitrogens with one attached hydrogen (secondary N) is 2. The largest absolute Gasteiger partial charge is 0.496 e. The maximum atomic E-state index is 5.41. The number of halogens is 1. The van der Waals surface area contributed by atoms with E-state index >= 15 is 0 Å². The summed E-state index contributed by atoms with van der Waals surface area (Å²) in [6.45, 7) is 6.26. The minimum atomic E-state index is 0. The van der Waals surface area contributed by atoms with E-state index in [0.29, 0.717) is 6.54 Å². The smallest absolute Gasteiger partial charge is 0.191 e. The summed E-state index contributed by atoms with van der Waals surface area (Å²) >= 11 is 0. The van der Waals surface area contributed by atoms with Crippen molar-refractivity contribution in [2.75, 3.05) is 20.2 Å². The van der Waals surface area contributed by atoms with Crippen LogP contribution in [0.15, 0.2) is 59.7 Å². The fourth-order valence-electron chi connectivity index (χ4n) is 3.15. The SMILES string of the molecule is CCNC(=NCc1nccc2ccccc12)NCCc1ccc(C)c(OC)c1.I. The van der Waals surface area contributed by atoms with Crippen LogP contribution >= 0.6 is 24.0 Å². The first-order valence-corrected chi connectivity index (χ1v) is 9.69. The highest BCUT2D eigenvalue weighted by molar-refractivity contribution is 14.0. The van der Waals surface area contributed by atoms with Crippen molar-refractivity contribution in [1.29, 1.82) is 0 Å². The first kappa shape index (κ1) is 22.9. The number of hydrogen-bond donors (Lipinski definition) is 2. The second-order valence-electron chi connectivity index (χ2n) is 6.65. The molecule has 1 heterocycles. The monoisotopic (exact) mass is 504 g/mol. The molecule has 1 aromatic heterocycles. The third-order valence-corrected chi connectivity index (χ3v) is 4.67. The van der Waals surface area contributed by atoms with Crippen molar-refractivity contribution in [2.45, 2.75) is 26.8 Å². The molecule has 0 aliphatic heterocycles. The molecule has 0 aliphatic rings. The van der Waals surface area contributed by atoms with Crippen molar-refractivity contribution < 1.29 is 4.74 Å². The molecule has 0 saturated carbocycles. The van der Waals surface area contributed by atoms with Crippen molar-refractivity contribution in [3.05, 3.63) is 71.5 Å². The molecule has 5 nitrogen and oxygen atoms in total. The zero-order valence-electron chi connectivity index (χ0n) is 17.2. The van der Waals surface area contributed by atoms with Gasteiger partial charge >= 0.3 is 0 Å². The minimum absolute atomic E-state index is 0. The highest BCUT2D eigenvalue weighted by Crippen LogP contribution is 2.19. The Labute approximate surface area is 190 Å². The summed E-state index contributed by atoms with van der Waals surface area (Å²) in [5.41, 5.74) is 3.37. The summed E-state index contributed by atoms with van der Waals surface area (Å²) in [7, 11) is 1.71. The number of fused-ring (bicyclic) bond motifs is 1. The molecule has 0 radical (unpaired) electrons. The van der Waals surface area contributed by atoms with E-state index in [4.69, 9.17) is 9.73 Å². The van der Waals surface area contributed by atoms with Crippen molar-refractivity contribution in [3.63, 3.8) is 0 Å². The first-order chi connectivity index (χ1) is 13.7. The summed E-state index contributed by atoms with van der Waals surface area (Å²) in [4.78, 5) is 9.24. The van der Waals surface area contributed by atoms with Crippen LogP contribution in [0, 0.1) is 6.92 Å². The van der Waals surface area contributed by atoms with Crippen molar-refractivity contribution in [2.24, 2.45) is 4.99 Å². The number of methoxy groups -OCH3 is 1. The van der Waals surface area contributed by atoms with Gasteiger partial charge in [-0.1, -0.05) is 36.4 Å². The Hall–Kier alpha value is -2.35. The zero-order chi connectivity index (χ0) is 19.8. The highest BCUT2D eigenvalue weighted by Gasteiger charge is 2.04. The summed E-state index contributed by atoms with van der Waals surface area (Å²) in [5.74, 6) is 1.73. The predicted octanol–water partition coefficient (Wildman–Crippen LogP) is 4.47. The van der Waals surface area contributed by atoms with E-state index in [-0.39, 0.29) is 24.0 Å². The molecule has 0 fully saturated rings. The van der Waals surface area contributed by atoms with E-state index in [9.17, 15) is 0 Å². The second kappa shape index (κ2) is 11.6. The predicted molar refractivity (Wildman–Crippen MR) is 131 cm³/mol. The summed E-state index contributed by atoms with van der Waals surface area (Å²) in [5, 5.41) is 9.05. The number of hydrogen-bond acceptors (Lipinski definition) is 3. The number of guanidine groups is 1.